The summed E-state index contributed by atoms with van der Waals surface area (Å²) in [4.78, 5) is 9.62. The first-order chi connectivity index (χ1) is 9.92. The van der Waals surface area contributed by atoms with Gasteiger partial charge in [-0.05, 0) is 56.9 Å². The Morgan fingerprint density at radius 3 is 2.65 bits per heavy atom. The van der Waals surface area contributed by atoms with E-state index in [1.54, 1.807) is 0 Å². The van der Waals surface area contributed by atoms with E-state index in [2.05, 4.69) is 20.9 Å². The molecule has 3 heterocycles. The van der Waals surface area contributed by atoms with Crippen LogP contribution in [0.15, 0.2) is 24.5 Å². The number of hydrogen-bond donors (Lipinski definition) is 0. The zero-order valence-electron chi connectivity index (χ0n) is 12.5. The lowest BCUT2D eigenvalue weighted by Crippen LogP contribution is -2.47. The highest BCUT2D eigenvalue weighted by molar-refractivity contribution is 5.08. The van der Waals surface area contributed by atoms with Crippen molar-refractivity contribution in [1.29, 1.82) is 0 Å². The Labute approximate surface area is 123 Å². The molecular weight excluding hydrogens is 246 g/mol. The third-order valence-electron chi connectivity index (χ3n) is 4.77. The maximum absolute atomic E-state index is 4.23. The van der Waals surface area contributed by atoms with Crippen LogP contribution in [0.5, 0.6) is 0 Å². The zero-order chi connectivity index (χ0) is 13.6. The van der Waals surface area contributed by atoms with Crippen molar-refractivity contribution >= 4 is 0 Å². The average molecular weight is 273 g/mol. The van der Waals surface area contributed by atoms with Gasteiger partial charge in [0, 0.05) is 31.5 Å². The van der Waals surface area contributed by atoms with Gasteiger partial charge in [0.2, 0.25) is 0 Å². The predicted molar refractivity (Wildman–Crippen MR) is 82.6 cm³/mol. The summed E-state index contributed by atoms with van der Waals surface area (Å²) < 4.78 is 0. The molecule has 0 amide bonds. The molecule has 3 heteroatoms. The van der Waals surface area contributed by atoms with Gasteiger partial charge in [0.1, 0.15) is 0 Å². The van der Waals surface area contributed by atoms with Crippen LogP contribution in [0.3, 0.4) is 0 Å². The molecule has 0 bridgehead atoms. The topological polar surface area (TPSA) is 19.4 Å². The van der Waals surface area contributed by atoms with E-state index in [4.69, 9.17) is 0 Å². The predicted octanol–water partition coefficient (Wildman–Crippen LogP) is 2.92. The summed E-state index contributed by atoms with van der Waals surface area (Å²) in [5.74, 6) is 0. The van der Waals surface area contributed by atoms with Crippen LogP contribution in [0.4, 0.5) is 0 Å². The highest BCUT2D eigenvalue weighted by Gasteiger charge is 2.25. The summed E-state index contributed by atoms with van der Waals surface area (Å²) in [6.07, 6.45) is 12.3. The number of piperidine rings is 1. The largest absolute Gasteiger partial charge is 0.299 e. The second-order valence-corrected chi connectivity index (χ2v) is 6.34. The lowest BCUT2D eigenvalue weighted by Gasteiger charge is -2.39. The van der Waals surface area contributed by atoms with E-state index < -0.39 is 0 Å². The fourth-order valence-corrected chi connectivity index (χ4v) is 3.68. The molecule has 3 rings (SSSR count). The molecule has 1 atom stereocenters. The minimum absolute atomic E-state index is 0.790. The number of likely N-dealkylation sites (tertiary alicyclic amines) is 2. The Morgan fingerprint density at radius 1 is 1.05 bits per heavy atom. The molecule has 2 aliphatic heterocycles. The van der Waals surface area contributed by atoms with Crippen molar-refractivity contribution in [3.63, 3.8) is 0 Å². The van der Waals surface area contributed by atoms with Crippen molar-refractivity contribution in [2.45, 2.75) is 51.1 Å². The molecular formula is C17H27N3. The molecule has 0 spiro atoms. The Bertz CT molecular complexity index is 384. The van der Waals surface area contributed by atoms with Crippen molar-refractivity contribution in [2.75, 3.05) is 26.2 Å². The minimum Gasteiger partial charge on any atom is -0.299 e. The van der Waals surface area contributed by atoms with Gasteiger partial charge in [-0.2, -0.15) is 0 Å². The van der Waals surface area contributed by atoms with Gasteiger partial charge >= 0.3 is 0 Å². The minimum atomic E-state index is 0.790. The lowest BCUT2D eigenvalue weighted by molar-refractivity contribution is 0.0956. The maximum Gasteiger partial charge on any atom is 0.0312 e. The first kappa shape index (κ1) is 14.0. The van der Waals surface area contributed by atoms with E-state index in [9.17, 15) is 0 Å². The van der Waals surface area contributed by atoms with Crippen molar-refractivity contribution in [3.05, 3.63) is 30.1 Å². The third kappa shape index (κ3) is 3.80. The van der Waals surface area contributed by atoms with Gasteiger partial charge in [-0.3, -0.25) is 14.8 Å². The van der Waals surface area contributed by atoms with Crippen molar-refractivity contribution in [2.24, 2.45) is 0 Å². The number of hydrogen-bond acceptors (Lipinski definition) is 3. The van der Waals surface area contributed by atoms with Crippen molar-refractivity contribution in [3.8, 4) is 0 Å². The van der Waals surface area contributed by atoms with E-state index in [0.29, 0.717) is 0 Å². The molecule has 2 fully saturated rings. The molecule has 0 N–H and O–H groups in total. The second kappa shape index (κ2) is 7.19. The standard InChI is InChI=1S/C17H27N3/c1-2-4-12-20(11-3-1)17-8-6-10-19(15-17)14-16-7-5-9-18-13-16/h5,7,9,13,17H,1-4,6,8,10-12,14-15H2/t17-/m1/s1. The first-order valence-electron chi connectivity index (χ1n) is 8.27. The molecule has 1 aromatic heterocycles. The van der Waals surface area contributed by atoms with Crippen LogP contribution in [0.2, 0.25) is 0 Å². The van der Waals surface area contributed by atoms with E-state index in [1.165, 1.54) is 70.3 Å². The van der Waals surface area contributed by atoms with Crippen LogP contribution in [-0.2, 0) is 6.54 Å². The maximum atomic E-state index is 4.23. The number of aromatic nitrogens is 1. The fourth-order valence-electron chi connectivity index (χ4n) is 3.68. The Balaban J connectivity index is 1.55. The van der Waals surface area contributed by atoms with E-state index in [0.717, 1.165) is 12.6 Å². The van der Waals surface area contributed by atoms with Crippen LogP contribution < -0.4 is 0 Å². The van der Waals surface area contributed by atoms with Crippen molar-refractivity contribution in [1.82, 2.24) is 14.8 Å². The van der Waals surface area contributed by atoms with Gasteiger partial charge in [0.05, 0.1) is 0 Å². The number of pyridine rings is 1. The normalized spacial score (nSPS) is 26.3. The molecule has 0 radical (unpaired) electrons. The number of nitrogens with zero attached hydrogens (tertiary/aromatic N) is 3. The van der Waals surface area contributed by atoms with Crippen LogP contribution in [0, 0.1) is 0 Å². The van der Waals surface area contributed by atoms with Crippen LogP contribution in [0.25, 0.3) is 0 Å². The Morgan fingerprint density at radius 2 is 1.90 bits per heavy atom. The highest BCUT2D eigenvalue weighted by Crippen LogP contribution is 2.21. The molecule has 20 heavy (non-hydrogen) atoms. The molecule has 3 nitrogen and oxygen atoms in total. The van der Waals surface area contributed by atoms with Crippen LogP contribution >= 0.6 is 0 Å². The van der Waals surface area contributed by atoms with Crippen LogP contribution in [-0.4, -0.2) is 47.0 Å². The van der Waals surface area contributed by atoms with Gasteiger partial charge in [-0.15, -0.1) is 0 Å². The molecule has 0 unspecified atom stereocenters. The van der Waals surface area contributed by atoms with Crippen molar-refractivity contribution < 1.29 is 0 Å². The summed E-state index contributed by atoms with van der Waals surface area (Å²) in [7, 11) is 0. The van der Waals surface area contributed by atoms with E-state index in [1.807, 2.05) is 18.5 Å². The third-order valence-corrected chi connectivity index (χ3v) is 4.77. The Kier molecular flexibility index (Phi) is 5.04. The van der Waals surface area contributed by atoms with Gasteiger partial charge < -0.3 is 0 Å². The van der Waals surface area contributed by atoms with Gasteiger partial charge in [0.15, 0.2) is 0 Å². The smallest absolute Gasteiger partial charge is 0.0312 e. The molecule has 0 aliphatic carbocycles. The summed E-state index contributed by atoms with van der Waals surface area (Å²) in [6, 6.07) is 5.03. The summed E-state index contributed by atoms with van der Waals surface area (Å²) >= 11 is 0. The molecule has 0 saturated carbocycles. The monoisotopic (exact) mass is 273 g/mol. The van der Waals surface area contributed by atoms with Crippen LogP contribution in [0.1, 0.15) is 44.1 Å². The zero-order valence-corrected chi connectivity index (χ0v) is 12.5. The molecule has 2 aliphatic rings. The molecule has 1 aromatic rings. The molecule has 0 aromatic carbocycles. The van der Waals surface area contributed by atoms with Gasteiger partial charge in [-0.1, -0.05) is 18.9 Å². The van der Waals surface area contributed by atoms with Gasteiger partial charge in [0.25, 0.3) is 0 Å². The fraction of sp³-hybridized carbons (Fsp3) is 0.706. The Hall–Kier alpha value is -0.930. The van der Waals surface area contributed by atoms with E-state index in [-0.39, 0.29) is 0 Å². The average Bonchev–Trinajstić information content (AvgIpc) is 2.78. The van der Waals surface area contributed by atoms with E-state index >= 15 is 0 Å². The summed E-state index contributed by atoms with van der Waals surface area (Å²) in [5, 5.41) is 0. The highest BCUT2D eigenvalue weighted by atomic mass is 15.2. The lowest BCUT2D eigenvalue weighted by atomic mass is 10.0. The SMILES string of the molecule is c1cncc(CN2CCC[C@@H](N3CCCCCC3)C2)c1. The second-order valence-electron chi connectivity index (χ2n) is 6.34. The molecule has 2 saturated heterocycles. The molecule has 110 valence electrons. The quantitative estimate of drug-likeness (QED) is 0.844. The summed E-state index contributed by atoms with van der Waals surface area (Å²) in [6.45, 7) is 6.21. The number of rotatable bonds is 3. The van der Waals surface area contributed by atoms with Gasteiger partial charge in [-0.25, -0.2) is 0 Å². The first-order valence-corrected chi connectivity index (χ1v) is 8.27. The summed E-state index contributed by atoms with van der Waals surface area (Å²) in [5.41, 5.74) is 1.35.